The van der Waals surface area contributed by atoms with Gasteiger partial charge in [0.1, 0.15) is 53.3 Å². The van der Waals surface area contributed by atoms with Crippen molar-refractivity contribution in [3.05, 3.63) is 71.9 Å². The third-order valence-corrected chi connectivity index (χ3v) is 17.0. The number of aliphatic carboxylic acids is 1. The van der Waals surface area contributed by atoms with Gasteiger partial charge in [0, 0.05) is 22.3 Å². The molecule has 4 fully saturated rings. The molecule has 2 amide bonds. The van der Waals surface area contributed by atoms with Crippen molar-refractivity contribution in [3.63, 3.8) is 0 Å². The number of aliphatic hydroxyl groups excluding tert-OH is 5. The topological polar surface area (TPSA) is 483 Å². The fourth-order valence-corrected chi connectivity index (χ4v) is 12.5. The van der Waals surface area contributed by atoms with Crippen LogP contribution in [-0.4, -0.2) is 198 Å². The predicted molar refractivity (Wildman–Crippen MR) is 279 cm³/mol. The summed E-state index contributed by atoms with van der Waals surface area (Å²) in [5.74, 6) is -7.58. The maximum absolute atomic E-state index is 15.1. The smallest absolute Gasteiger partial charge is 0.338 e. The first-order chi connectivity index (χ1) is 39.7. The van der Waals surface area contributed by atoms with E-state index in [1.54, 1.807) is 6.07 Å². The highest BCUT2D eigenvalue weighted by molar-refractivity contribution is 7.94. The highest BCUT2D eigenvalue weighted by Crippen LogP contribution is 2.41. The third-order valence-electron chi connectivity index (χ3n) is 14.7. The van der Waals surface area contributed by atoms with Gasteiger partial charge in [0.05, 0.1) is 53.0 Å². The van der Waals surface area contributed by atoms with Crippen molar-refractivity contribution >= 4 is 72.5 Å². The summed E-state index contributed by atoms with van der Waals surface area (Å²) in [6, 6.07) is 8.40. The number of carboxylic acid groups (broad SMARTS) is 1. The van der Waals surface area contributed by atoms with Crippen LogP contribution in [0.15, 0.2) is 75.4 Å². The molecule has 2 aliphatic heterocycles. The van der Waals surface area contributed by atoms with Crippen molar-refractivity contribution in [1.82, 2.24) is 15.3 Å². The summed E-state index contributed by atoms with van der Waals surface area (Å²) >= 11 is 0.230. The van der Waals surface area contributed by atoms with Crippen LogP contribution in [0.2, 0.25) is 0 Å². The molecule has 15 atom stereocenters. The minimum atomic E-state index is -5.46. The quantitative estimate of drug-likeness (QED) is 0.0181. The second-order valence-electron chi connectivity index (χ2n) is 20.4. The van der Waals surface area contributed by atoms with E-state index in [0.717, 1.165) is 43.5 Å². The number of hydrogen-bond donors (Lipinski definition) is 13. The first kappa shape index (κ1) is 64.1. The van der Waals surface area contributed by atoms with Crippen LogP contribution in [0.3, 0.4) is 0 Å². The van der Waals surface area contributed by atoms with Crippen molar-refractivity contribution in [2.45, 2.75) is 159 Å². The molecule has 84 heavy (non-hydrogen) atoms. The zero-order chi connectivity index (χ0) is 60.9. The Bertz CT molecular complexity index is 3230. The van der Waals surface area contributed by atoms with E-state index in [4.69, 9.17) is 33.7 Å². The lowest BCUT2D eigenvalue weighted by atomic mass is 9.80. The van der Waals surface area contributed by atoms with Gasteiger partial charge in [-0.3, -0.25) is 18.7 Å². The molecular formula is C50H60N4O27S3. The number of carbonyl (C=O) groups is 4. The van der Waals surface area contributed by atoms with E-state index in [2.05, 4.69) is 30.0 Å². The number of carboxylic acids is 1. The van der Waals surface area contributed by atoms with Gasteiger partial charge < -0.3 is 79.9 Å². The number of nitrogens with zero attached hydrogens (tertiary/aromatic N) is 2. The maximum Gasteiger partial charge on any atom is 0.338 e. The van der Waals surface area contributed by atoms with Crippen molar-refractivity contribution in [2.75, 3.05) is 11.9 Å². The Balaban J connectivity index is 1.27. The Morgan fingerprint density at radius 3 is 2.17 bits per heavy atom. The first-order valence-electron chi connectivity index (χ1n) is 25.9. The Morgan fingerprint density at radius 1 is 0.810 bits per heavy atom. The fraction of sp³-hybridized carbons (Fsp3) is 0.520. The Hall–Kier alpha value is -5.87. The molecule has 0 spiro atoms. The van der Waals surface area contributed by atoms with Gasteiger partial charge in [0.15, 0.2) is 24.8 Å². The van der Waals surface area contributed by atoms with Gasteiger partial charge in [-0.05, 0) is 73.9 Å². The molecule has 13 N–H and O–H groups in total. The lowest BCUT2D eigenvalue weighted by molar-refractivity contribution is -0.432. The highest BCUT2D eigenvalue weighted by Gasteiger charge is 2.55. The standard InChI is InChI=1S/C50H60N4O27S3/c1-21-37(57)39(59)40(60)48(74-21)79-41-29(52-45(62)30-19-35(56)54-50(66)53-30)15-25(44(61)51-28-17-26(82-81-80-67)13-24-14-27(83(68,69)70)18-34(36(24)28)84(71,72)73)16-31(41)76-49-43(78-47(65)23-10-6-3-7-11-23)42(38(58)33(20-55)77-49)75-32(46(63)64)12-22-8-4-2-5-9-22/h3,6-7,10-11,13-14,17-19,21-22,25,29,31-33,37-43,48-49,55,57-60,67H,2,4-5,8-9,12,15-16,20H2,1H3,(H,51,61)(H,52,62)(H,63,64)(H,68,69,70)(H,71,72,73)(H2,53,54,56,66)/t21?,25?,29?,31?,32-,33?,37?,38?,39?,40?,41?,42?,43?,48?,49?/m0/s1. The molecule has 2 saturated carbocycles. The summed E-state index contributed by atoms with van der Waals surface area (Å²) in [6.07, 6.45) is -21.6. The monoisotopic (exact) mass is 1240 g/mol. The normalized spacial score (nSPS) is 29.2. The molecular weight excluding hydrogens is 1180 g/mol. The number of hydrogen-bond acceptors (Lipinski definition) is 27. The van der Waals surface area contributed by atoms with E-state index < -0.39 is 199 Å². The Kier molecular flexibility index (Phi) is 20.8. The number of nitrogens with one attached hydrogen (secondary N) is 2. The number of rotatable bonds is 21. The molecule has 3 heterocycles. The van der Waals surface area contributed by atoms with E-state index in [1.807, 2.05) is 0 Å². The van der Waals surface area contributed by atoms with Crippen LogP contribution in [0, 0.1) is 11.8 Å². The van der Waals surface area contributed by atoms with E-state index in [-0.39, 0.29) is 34.8 Å². The van der Waals surface area contributed by atoms with E-state index in [9.17, 15) is 81.2 Å². The van der Waals surface area contributed by atoms with Crippen LogP contribution >= 0.6 is 12.0 Å². The third kappa shape index (κ3) is 15.2. The van der Waals surface area contributed by atoms with Crippen LogP contribution < -0.4 is 10.6 Å². The van der Waals surface area contributed by atoms with Crippen molar-refractivity contribution in [1.29, 1.82) is 0 Å². The van der Waals surface area contributed by atoms with Gasteiger partial charge >= 0.3 is 17.9 Å². The SMILES string of the molecule is CC1OC(OC2C(NC(=O)c3cc(O)nc(O)n3)CC(C(=O)Nc3cc(SOOO)cc4cc(S(=O)(=O)O)cc(S(=O)(=O)O)c34)CC2OC2OC(CO)C(O)C(O[C@@H](CC3CCCCC3)C(=O)O)C2OC(=O)c2ccccc2)C(O)C(O)C1O. The first-order valence-corrected chi connectivity index (χ1v) is 29.6. The predicted octanol–water partition coefficient (Wildman–Crippen LogP) is 0.820. The number of aromatic nitrogens is 2. The fourth-order valence-electron chi connectivity index (χ4n) is 10.7. The van der Waals surface area contributed by atoms with Gasteiger partial charge in [-0.2, -0.15) is 26.8 Å². The molecule has 3 aromatic carbocycles. The molecule has 4 aliphatic rings. The lowest BCUT2D eigenvalue weighted by Gasteiger charge is -2.48. The van der Waals surface area contributed by atoms with Crippen LogP contribution in [0.25, 0.3) is 10.8 Å². The summed E-state index contributed by atoms with van der Waals surface area (Å²) < 4.78 is 113. The number of aromatic hydroxyl groups is 2. The zero-order valence-electron chi connectivity index (χ0n) is 43.9. The summed E-state index contributed by atoms with van der Waals surface area (Å²) in [5.41, 5.74) is -1.32. The van der Waals surface area contributed by atoms with Gasteiger partial charge in [-0.25, -0.2) is 14.8 Å². The van der Waals surface area contributed by atoms with Gasteiger partial charge in [0.2, 0.25) is 11.8 Å². The van der Waals surface area contributed by atoms with Gasteiger partial charge in [-0.1, -0.05) is 55.3 Å². The average Bonchev–Trinajstić information content (AvgIpc) is 1.44. The second kappa shape index (κ2) is 27.2. The van der Waals surface area contributed by atoms with Crippen molar-refractivity contribution < 1.29 is 129 Å². The molecule has 8 rings (SSSR count). The molecule has 2 saturated heterocycles. The maximum atomic E-state index is 15.1. The van der Waals surface area contributed by atoms with E-state index >= 15 is 4.79 Å². The largest absolute Gasteiger partial charge is 0.493 e. The van der Waals surface area contributed by atoms with Crippen LogP contribution in [0.5, 0.6) is 11.9 Å². The number of ether oxygens (including phenoxy) is 6. The summed E-state index contributed by atoms with van der Waals surface area (Å²) in [7, 11) is -10.7. The van der Waals surface area contributed by atoms with Gasteiger partial charge in [0.25, 0.3) is 26.1 Å². The molecule has 4 aromatic rings. The summed E-state index contributed by atoms with van der Waals surface area (Å²) in [4.78, 5) is 61.1. The number of benzene rings is 3. The molecule has 31 nitrogen and oxygen atoms in total. The molecule has 460 valence electrons. The average molecular weight is 1250 g/mol. The van der Waals surface area contributed by atoms with Crippen molar-refractivity contribution in [3.8, 4) is 11.9 Å². The van der Waals surface area contributed by atoms with E-state index in [1.165, 1.54) is 31.2 Å². The molecule has 1 aromatic heterocycles. The summed E-state index contributed by atoms with van der Waals surface area (Å²) in [5, 5.41) is 103. The number of anilines is 1. The molecule has 0 radical (unpaired) electrons. The minimum absolute atomic E-state index is 0.0676. The van der Waals surface area contributed by atoms with Gasteiger partial charge in [-0.15, -0.1) is 4.33 Å². The van der Waals surface area contributed by atoms with Crippen LogP contribution in [0.1, 0.15) is 79.1 Å². The van der Waals surface area contributed by atoms with E-state index in [0.29, 0.717) is 18.9 Å². The zero-order valence-corrected chi connectivity index (χ0v) is 46.4. The highest BCUT2D eigenvalue weighted by atomic mass is 32.2. The molecule has 2 aliphatic carbocycles. The van der Waals surface area contributed by atoms with Crippen LogP contribution in [-0.2, 0) is 67.6 Å². The van der Waals surface area contributed by atoms with Crippen LogP contribution in [0.4, 0.5) is 5.69 Å². The summed E-state index contributed by atoms with van der Waals surface area (Å²) in [6.45, 7) is 0.280. The molecule has 14 unspecified atom stereocenters. The number of carbonyl (C=O) groups excluding carboxylic acids is 3. The molecule has 34 heteroatoms. The number of esters is 1. The minimum Gasteiger partial charge on any atom is -0.493 e. The number of fused-ring (bicyclic) bond motifs is 1. The number of amides is 2. The Morgan fingerprint density at radius 2 is 1.52 bits per heavy atom. The van der Waals surface area contributed by atoms with Crippen molar-refractivity contribution in [2.24, 2.45) is 11.8 Å². The second-order valence-corrected chi connectivity index (χ2v) is 24.0. The molecule has 0 bridgehead atoms. The number of aliphatic hydroxyl groups is 5. The lowest BCUT2D eigenvalue weighted by Crippen LogP contribution is -2.65. The Labute approximate surface area is 481 Å².